The molecule has 0 saturated heterocycles. The Balaban J connectivity index is 1.55. The molecule has 0 unspecified atom stereocenters. The van der Waals surface area contributed by atoms with Crippen molar-refractivity contribution in [3.63, 3.8) is 0 Å². The van der Waals surface area contributed by atoms with Crippen LogP contribution in [0.1, 0.15) is 5.56 Å². The summed E-state index contributed by atoms with van der Waals surface area (Å²) in [4.78, 5) is 0.706. The van der Waals surface area contributed by atoms with Crippen molar-refractivity contribution >= 4 is 17.6 Å². The van der Waals surface area contributed by atoms with Crippen LogP contribution in [0.25, 0.3) is 16.9 Å². The molecule has 1 aliphatic heterocycles. The quantitative estimate of drug-likeness (QED) is 0.346. The van der Waals surface area contributed by atoms with E-state index in [0.717, 1.165) is 28.3 Å². The van der Waals surface area contributed by atoms with Gasteiger partial charge in [0.15, 0.2) is 11.5 Å². The minimum absolute atomic E-state index is 0.235. The van der Waals surface area contributed by atoms with Gasteiger partial charge in [-0.15, -0.1) is 16.4 Å². The van der Waals surface area contributed by atoms with Crippen LogP contribution in [0, 0.1) is 5.82 Å². The van der Waals surface area contributed by atoms with Gasteiger partial charge in [-0.05, 0) is 65.7 Å². The lowest BCUT2D eigenvalue weighted by molar-refractivity contribution is 0.174. The summed E-state index contributed by atoms with van der Waals surface area (Å²) in [5, 5.41) is 10.7. The van der Waals surface area contributed by atoms with Gasteiger partial charge >= 0.3 is 0 Å². The van der Waals surface area contributed by atoms with Crippen molar-refractivity contribution in [1.29, 1.82) is 0 Å². The predicted molar refractivity (Wildman–Crippen MR) is 115 cm³/mol. The van der Waals surface area contributed by atoms with E-state index in [2.05, 4.69) is 10.2 Å². The fourth-order valence-corrected chi connectivity index (χ4v) is 4.03. The minimum Gasteiger partial charge on any atom is -0.454 e. The van der Waals surface area contributed by atoms with Crippen molar-refractivity contribution in [2.45, 2.75) is 0 Å². The summed E-state index contributed by atoms with van der Waals surface area (Å²) < 4.78 is 26.1. The Kier molecular flexibility index (Phi) is 4.86. The van der Waals surface area contributed by atoms with Crippen LogP contribution in [0.4, 0.5) is 4.39 Å². The maximum absolute atomic E-state index is 13.4. The maximum atomic E-state index is 13.4. The highest BCUT2D eigenvalue weighted by Crippen LogP contribution is 2.32. The van der Waals surface area contributed by atoms with E-state index in [1.807, 2.05) is 58.5 Å². The highest BCUT2D eigenvalue weighted by molar-refractivity contribution is 7.07. The van der Waals surface area contributed by atoms with Crippen molar-refractivity contribution < 1.29 is 13.9 Å². The molecule has 0 aliphatic carbocycles. The number of hydrogen-bond donors (Lipinski definition) is 0. The van der Waals surface area contributed by atoms with Crippen LogP contribution in [0.2, 0.25) is 0 Å². The summed E-state index contributed by atoms with van der Waals surface area (Å²) in [6.07, 6.45) is 1.68. The number of nitrogens with zero attached hydrogens (tertiary/aromatic N) is 3. The first kappa shape index (κ1) is 18.3. The number of thiazole rings is 1. The third kappa shape index (κ3) is 3.62. The number of hydrogen-bond acceptors (Lipinski definition) is 5. The highest BCUT2D eigenvalue weighted by Gasteiger charge is 2.13. The van der Waals surface area contributed by atoms with Crippen molar-refractivity contribution in [1.82, 2.24) is 4.57 Å². The molecule has 4 aromatic rings. The molecule has 1 aliphatic rings. The van der Waals surface area contributed by atoms with E-state index >= 15 is 0 Å². The van der Waals surface area contributed by atoms with Crippen molar-refractivity contribution in [3.8, 4) is 28.4 Å². The van der Waals surface area contributed by atoms with E-state index in [9.17, 15) is 4.39 Å². The molecule has 3 aromatic carbocycles. The van der Waals surface area contributed by atoms with Gasteiger partial charge in [-0.3, -0.25) is 4.57 Å². The van der Waals surface area contributed by atoms with E-state index < -0.39 is 0 Å². The Morgan fingerprint density at radius 1 is 0.933 bits per heavy atom. The zero-order chi connectivity index (χ0) is 20.3. The van der Waals surface area contributed by atoms with Gasteiger partial charge in [0.05, 0.1) is 11.9 Å². The SMILES string of the molecule is Fc1ccc(-c2cs/c(=N/N=C/c3ccc4c(c3)OCO4)n2-c2ccccc2)cc1. The molecule has 5 nitrogen and oxygen atoms in total. The molecule has 0 bridgehead atoms. The molecule has 5 rings (SSSR count). The average Bonchev–Trinajstić information content (AvgIpc) is 3.42. The Labute approximate surface area is 176 Å². The lowest BCUT2D eigenvalue weighted by Crippen LogP contribution is -2.13. The van der Waals surface area contributed by atoms with Crippen molar-refractivity contribution in [3.05, 3.63) is 94.4 Å². The fourth-order valence-electron chi connectivity index (χ4n) is 3.17. The van der Waals surface area contributed by atoms with Crippen molar-refractivity contribution in [2.24, 2.45) is 10.2 Å². The Morgan fingerprint density at radius 3 is 2.57 bits per heavy atom. The number of halogens is 1. The van der Waals surface area contributed by atoms with Crippen LogP contribution in [0.3, 0.4) is 0 Å². The smallest absolute Gasteiger partial charge is 0.231 e. The molecule has 0 atom stereocenters. The number of ether oxygens (including phenoxy) is 2. The van der Waals surface area contributed by atoms with Crippen LogP contribution in [-0.2, 0) is 0 Å². The Hall–Kier alpha value is -3.71. The highest BCUT2D eigenvalue weighted by atomic mass is 32.1. The first-order chi connectivity index (χ1) is 14.8. The summed E-state index contributed by atoms with van der Waals surface area (Å²) in [7, 11) is 0. The first-order valence-corrected chi connectivity index (χ1v) is 10.1. The summed E-state index contributed by atoms with van der Waals surface area (Å²) in [6.45, 7) is 0.235. The second-order valence-corrected chi connectivity index (χ2v) is 7.38. The molecule has 0 fully saturated rings. The van der Waals surface area contributed by atoms with E-state index in [-0.39, 0.29) is 12.6 Å². The zero-order valence-electron chi connectivity index (χ0n) is 15.7. The third-order valence-corrected chi connectivity index (χ3v) is 5.43. The van der Waals surface area contributed by atoms with Gasteiger partial charge in [0, 0.05) is 11.1 Å². The van der Waals surface area contributed by atoms with Crippen LogP contribution >= 0.6 is 11.3 Å². The van der Waals surface area contributed by atoms with E-state index in [0.29, 0.717) is 10.6 Å². The lowest BCUT2D eigenvalue weighted by atomic mass is 10.1. The molecule has 30 heavy (non-hydrogen) atoms. The van der Waals surface area contributed by atoms with Gasteiger partial charge in [0.1, 0.15) is 5.82 Å². The number of aromatic nitrogens is 1. The summed E-state index contributed by atoms with van der Waals surface area (Å²) in [6, 6.07) is 21.9. The number of rotatable bonds is 4. The van der Waals surface area contributed by atoms with Gasteiger partial charge < -0.3 is 9.47 Å². The Morgan fingerprint density at radius 2 is 1.73 bits per heavy atom. The number of benzene rings is 3. The Bertz CT molecular complexity index is 1280. The zero-order valence-corrected chi connectivity index (χ0v) is 16.6. The average molecular weight is 417 g/mol. The molecule has 0 N–H and O–H groups in total. The van der Waals surface area contributed by atoms with Gasteiger partial charge in [-0.25, -0.2) is 4.39 Å². The second kappa shape index (κ2) is 7.96. The van der Waals surface area contributed by atoms with E-state index in [4.69, 9.17) is 9.47 Å². The van der Waals surface area contributed by atoms with Gasteiger partial charge in [-0.2, -0.15) is 5.10 Å². The molecule has 0 saturated carbocycles. The molecule has 0 radical (unpaired) electrons. The van der Waals surface area contributed by atoms with Crippen LogP contribution in [0.15, 0.2) is 88.4 Å². The molecule has 2 heterocycles. The summed E-state index contributed by atoms with van der Waals surface area (Å²) >= 11 is 1.47. The fraction of sp³-hybridized carbons (Fsp3) is 0.0435. The lowest BCUT2D eigenvalue weighted by Gasteiger charge is -2.08. The second-order valence-electron chi connectivity index (χ2n) is 6.54. The third-order valence-electron chi connectivity index (χ3n) is 4.61. The topological polar surface area (TPSA) is 48.1 Å². The van der Waals surface area contributed by atoms with Crippen molar-refractivity contribution in [2.75, 3.05) is 6.79 Å². The largest absolute Gasteiger partial charge is 0.454 e. The van der Waals surface area contributed by atoms with Gasteiger partial charge in [0.2, 0.25) is 11.6 Å². The maximum Gasteiger partial charge on any atom is 0.231 e. The monoisotopic (exact) mass is 417 g/mol. The van der Waals surface area contributed by atoms with Crippen LogP contribution in [0.5, 0.6) is 11.5 Å². The molecule has 1 aromatic heterocycles. The molecule has 0 amide bonds. The standard InChI is InChI=1S/C23H16FN3O2S/c24-18-9-7-17(8-10-18)20-14-30-23(27(20)19-4-2-1-3-5-19)26-25-13-16-6-11-21-22(12-16)29-15-28-21/h1-14H,15H2/b25-13+,26-23+. The number of para-hydroxylation sites is 1. The summed E-state index contributed by atoms with van der Waals surface area (Å²) in [5.74, 6) is 1.17. The van der Waals surface area contributed by atoms with E-state index in [1.165, 1.54) is 23.5 Å². The van der Waals surface area contributed by atoms with Crippen LogP contribution in [-0.4, -0.2) is 17.6 Å². The first-order valence-electron chi connectivity index (χ1n) is 9.26. The normalized spacial score (nSPS) is 13.3. The molecule has 0 spiro atoms. The van der Waals surface area contributed by atoms with E-state index in [1.54, 1.807) is 18.3 Å². The minimum atomic E-state index is -0.265. The molecular formula is C23H16FN3O2S. The number of fused-ring (bicyclic) bond motifs is 1. The van der Waals surface area contributed by atoms with Gasteiger partial charge in [0.25, 0.3) is 0 Å². The summed E-state index contributed by atoms with van der Waals surface area (Å²) in [5.41, 5.74) is 3.64. The van der Waals surface area contributed by atoms with Crippen LogP contribution < -0.4 is 14.3 Å². The molecule has 7 heteroatoms. The molecular weight excluding hydrogens is 401 g/mol. The molecule has 148 valence electrons. The van der Waals surface area contributed by atoms with Gasteiger partial charge in [-0.1, -0.05) is 18.2 Å². The predicted octanol–water partition coefficient (Wildman–Crippen LogP) is 5.01.